The van der Waals surface area contributed by atoms with E-state index in [9.17, 15) is 13.2 Å². The molecule has 6 heteroatoms. The van der Waals surface area contributed by atoms with Gasteiger partial charge in [0.25, 0.3) is 5.91 Å². The summed E-state index contributed by atoms with van der Waals surface area (Å²) in [4.78, 5) is 14.7. The van der Waals surface area contributed by atoms with E-state index in [1.807, 2.05) is 26.0 Å². The van der Waals surface area contributed by atoms with Gasteiger partial charge in [-0.1, -0.05) is 6.92 Å². The zero-order valence-corrected chi connectivity index (χ0v) is 14.4. The van der Waals surface area contributed by atoms with Gasteiger partial charge in [0, 0.05) is 15.3 Å². The minimum Gasteiger partial charge on any atom is -0.345 e. The third-order valence-electron chi connectivity index (χ3n) is 3.39. The van der Waals surface area contributed by atoms with Gasteiger partial charge in [-0.2, -0.15) is 0 Å². The smallest absolute Gasteiger partial charge is 0.251 e. The first-order chi connectivity index (χ1) is 10.3. The van der Waals surface area contributed by atoms with Crippen molar-refractivity contribution >= 4 is 27.1 Å². The van der Waals surface area contributed by atoms with Crippen LogP contribution < -0.4 is 5.32 Å². The van der Waals surface area contributed by atoms with Crippen LogP contribution >= 0.6 is 11.3 Å². The highest BCUT2D eigenvalue weighted by atomic mass is 32.2. The summed E-state index contributed by atoms with van der Waals surface area (Å²) in [6, 6.07) is 10.00. The Balaban J connectivity index is 2.10. The number of hydrogen-bond donors (Lipinski definition) is 1. The van der Waals surface area contributed by atoms with E-state index >= 15 is 0 Å². The van der Waals surface area contributed by atoms with E-state index in [1.54, 1.807) is 30.4 Å². The molecular formula is C16H19NO3S2. The lowest BCUT2D eigenvalue weighted by molar-refractivity contribution is 0.0940. The maximum absolute atomic E-state index is 12.2. The fourth-order valence-electron chi connectivity index (χ4n) is 2.02. The minimum absolute atomic E-state index is 0.0489. The number of amides is 1. The number of aryl methyl sites for hydroxylation is 1. The fourth-order valence-corrected chi connectivity index (χ4v) is 3.78. The molecule has 0 saturated heterocycles. The molecule has 0 fully saturated rings. The zero-order valence-electron chi connectivity index (χ0n) is 12.8. The Morgan fingerprint density at radius 1 is 1.18 bits per heavy atom. The normalized spacial score (nSPS) is 12.9. The summed E-state index contributed by atoms with van der Waals surface area (Å²) in [5, 5.41) is 2.92. The van der Waals surface area contributed by atoms with Crippen LogP contribution in [0.1, 0.15) is 40.0 Å². The van der Waals surface area contributed by atoms with Crippen LogP contribution in [0.5, 0.6) is 0 Å². The molecule has 2 rings (SSSR count). The molecular weight excluding hydrogens is 318 g/mol. The Labute approximate surface area is 135 Å². The van der Waals surface area contributed by atoms with E-state index in [0.717, 1.165) is 4.88 Å². The first-order valence-electron chi connectivity index (χ1n) is 7.03. The molecule has 0 saturated carbocycles. The van der Waals surface area contributed by atoms with E-state index in [4.69, 9.17) is 0 Å². The van der Waals surface area contributed by atoms with Crippen molar-refractivity contribution in [2.75, 3.05) is 5.75 Å². The molecule has 0 bridgehead atoms. The number of benzene rings is 1. The molecule has 0 unspecified atom stereocenters. The quantitative estimate of drug-likeness (QED) is 0.910. The van der Waals surface area contributed by atoms with Gasteiger partial charge in [0.05, 0.1) is 16.7 Å². The van der Waals surface area contributed by atoms with Crippen molar-refractivity contribution < 1.29 is 13.2 Å². The highest BCUT2D eigenvalue weighted by Gasteiger charge is 2.15. The van der Waals surface area contributed by atoms with Gasteiger partial charge < -0.3 is 5.32 Å². The highest BCUT2D eigenvalue weighted by molar-refractivity contribution is 7.91. The number of hydrogen-bond acceptors (Lipinski definition) is 4. The van der Waals surface area contributed by atoms with Gasteiger partial charge in [0.2, 0.25) is 0 Å². The summed E-state index contributed by atoms with van der Waals surface area (Å²) in [5.74, 6) is -0.160. The molecule has 1 N–H and O–H groups in total. The zero-order chi connectivity index (χ0) is 16.3. The van der Waals surface area contributed by atoms with E-state index in [2.05, 4.69) is 5.32 Å². The summed E-state index contributed by atoms with van der Waals surface area (Å²) >= 11 is 1.65. The summed E-state index contributed by atoms with van der Waals surface area (Å²) in [5.41, 5.74) is 0.454. The molecule has 1 aromatic carbocycles. The number of carbonyl (C=O) groups excluding carboxylic acids is 1. The first-order valence-corrected chi connectivity index (χ1v) is 9.50. The second kappa shape index (κ2) is 6.62. The Hall–Kier alpha value is -1.66. The lowest BCUT2D eigenvalue weighted by atomic mass is 10.2. The second-order valence-electron chi connectivity index (χ2n) is 5.07. The maximum atomic E-state index is 12.2. The second-order valence-corrected chi connectivity index (χ2v) is 8.67. The van der Waals surface area contributed by atoms with E-state index in [-0.39, 0.29) is 22.6 Å². The van der Waals surface area contributed by atoms with Crippen molar-refractivity contribution in [1.82, 2.24) is 5.32 Å². The summed E-state index contributed by atoms with van der Waals surface area (Å²) < 4.78 is 23.5. The average Bonchev–Trinajstić information content (AvgIpc) is 2.94. The molecule has 1 atom stereocenters. The fraction of sp³-hybridized carbons (Fsp3) is 0.312. The van der Waals surface area contributed by atoms with Crippen molar-refractivity contribution in [2.24, 2.45) is 0 Å². The Kier molecular flexibility index (Phi) is 5.03. The van der Waals surface area contributed by atoms with E-state index in [0.29, 0.717) is 5.56 Å². The van der Waals surface area contributed by atoms with Gasteiger partial charge in [-0.05, 0) is 50.2 Å². The predicted molar refractivity (Wildman–Crippen MR) is 89.1 cm³/mol. The van der Waals surface area contributed by atoms with Gasteiger partial charge in [0.1, 0.15) is 0 Å². The van der Waals surface area contributed by atoms with Crippen LogP contribution in [0.15, 0.2) is 41.3 Å². The molecule has 0 aliphatic carbocycles. The van der Waals surface area contributed by atoms with Crippen LogP contribution in [-0.4, -0.2) is 20.1 Å². The molecule has 0 aliphatic heterocycles. The average molecular weight is 337 g/mol. The van der Waals surface area contributed by atoms with Gasteiger partial charge in [-0.3, -0.25) is 4.79 Å². The van der Waals surface area contributed by atoms with Gasteiger partial charge in [-0.25, -0.2) is 8.42 Å². The molecule has 2 aromatic rings. The van der Waals surface area contributed by atoms with Crippen LogP contribution in [0.4, 0.5) is 0 Å². The molecule has 1 aromatic heterocycles. The Bertz CT molecular complexity index is 761. The van der Waals surface area contributed by atoms with Crippen LogP contribution in [0.25, 0.3) is 0 Å². The lowest BCUT2D eigenvalue weighted by Crippen LogP contribution is -2.26. The third kappa shape index (κ3) is 3.75. The van der Waals surface area contributed by atoms with E-state index in [1.165, 1.54) is 17.0 Å². The van der Waals surface area contributed by atoms with Crippen LogP contribution in [0, 0.1) is 6.92 Å². The molecule has 1 amide bonds. The van der Waals surface area contributed by atoms with Crippen molar-refractivity contribution in [3.63, 3.8) is 0 Å². The molecule has 22 heavy (non-hydrogen) atoms. The number of carbonyl (C=O) groups is 1. The number of nitrogens with one attached hydrogen (secondary N) is 1. The molecule has 4 nitrogen and oxygen atoms in total. The van der Waals surface area contributed by atoms with Crippen LogP contribution in [0.3, 0.4) is 0 Å². The van der Waals surface area contributed by atoms with Crippen LogP contribution in [0.2, 0.25) is 0 Å². The topological polar surface area (TPSA) is 63.2 Å². The van der Waals surface area contributed by atoms with Crippen LogP contribution in [-0.2, 0) is 9.84 Å². The van der Waals surface area contributed by atoms with Crippen molar-refractivity contribution in [1.29, 1.82) is 0 Å². The van der Waals surface area contributed by atoms with Gasteiger partial charge >= 0.3 is 0 Å². The molecule has 0 spiro atoms. The van der Waals surface area contributed by atoms with Gasteiger partial charge in [-0.15, -0.1) is 11.3 Å². The number of rotatable bonds is 5. The van der Waals surface area contributed by atoms with Gasteiger partial charge in [0.15, 0.2) is 9.84 Å². The Morgan fingerprint density at radius 3 is 2.32 bits per heavy atom. The minimum atomic E-state index is -3.23. The SMILES string of the molecule is CCS(=O)(=O)c1ccc(C(=O)N[C@H](C)c2ccc(C)s2)cc1. The summed E-state index contributed by atoms with van der Waals surface area (Å²) in [7, 11) is -3.23. The monoisotopic (exact) mass is 337 g/mol. The predicted octanol–water partition coefficient (Wildman–Crippen LogP) is 3.34. The maximum Gasteiger partial charge on any atom is 0.251 e. The van der Waals surface area contributed by atoms with Crippen molar-refractivity contribution in [3.8, 4) is 0 Å². The Morgan fingerprint density at radius 2 is 1.82 bits per heavy atom. The standard InChI is InChI=1S/C16H19NO3S2/c1-4-22(19,20)14-8-6-13(7-9-14)16(18)17-12(3)15-10-5-11(2)21-15/h5-10,12H,4H2,1-3H3,(H,17,18)/t12-/m1/s1. The summed E-state index contributed by atoms with van der Waals surface area (Å²) in [6.07, 6.45) is 0. The van der Waals surface area contributed by atoms with E-state index < -0.39 is 9.84 Å². The molecule has 0 aliphatic rings. The lowest BCUT2D eigenvalue weighted by Gasteiger charge is -2.12. The largest absolute Gasteiger partial charge is 0.345 e. The number of sulfone groups is 1. The first kappa shape index (κ1) is 16.7. The molecule has 1 heterocycles. The molecule has 118 valence electrons. The summed E-state index contributed by atoms with van der Waals surface area (Å²) in [6.45, 7) is 5.55. The third-order valence-corrected chi connectivity index (χ3v) is 6.33. The van der Waals surface area contributed by atoms with Crippen molar-refractivity contribution in [3.05, 3.63) is 51.7 Å². The highest BCUT2D eigenvalue weighted by Crippen LogP contribution is 2.22. The number of thiophene rings is 1. The molecule has 0 radical (unpaired) electrons. The van der Waals surface area contributed by atoms with Crippen molar-refractivity contribution in [2.45, 2.75) is 31.7 Å².